The average Bonchev–Trinajstić information content (AvgIpc) is 2.77. The molecule has 0 spiro atoms. The van der Waals surface area contributed by atoms with Crippen molar-refractivity contribution in [2.45, 2.75) is 6.61 Å². The van der Waals surface area contributed by atoms with Gasteiger partial charge < -0.3 is 4.74 Å². The zero-order valence-electron chi connectivity index (χ0n) is 15.3. The van der Waals surface area contributed by atoms with Crippen molar-refractivity contribution < 1.29 is 14.5 Å². The van der Waals surface area contributed by atoms with Crippen LogP contribution in [0.15, 0.2) is 84.4 Å². The van der Waals surface area contributed by atoms with Gasteiger partial charge in [-0.1, -0.05) is 42.5 Å². The molecule has 0 amide bonds. The van der Waals surface area contributed by atoms with Crippen LogP contribution >= 0.6 is 0 Å². The third-order valence-corrected chi connectivity index (χ3v) is 4.14. The normalized spacial score (nSPS) is 10.8. The first-order chi connectivity index (χ1) is 14.1. The minimum Gasteiger partial charge on any atom is -0.489 e. The van der Waals surface area contributed by atoms with Gasteiger partial charge in [0.05, 0.1) is 4.92 Å². The second-order valence-electron chi connectivity index (χ2n) is 6.15. The molecule has 142 valence electrons. The fourth-order valence-electron chi connectivity index (χ4n) is 2.60. The summed E-state index contributed by atoms with van der Waals surface area (Å²) in [7, 11) is 0. The molecule has 0 N–H and O–H groups in total. The Hall–Kier alpha value is -4.24. The maximum atomic E-state index is 12.4. The number of Topliss-reactive ketones (excluding diaryl/α,β-unsaturated/α-hetero) is 1. The zero-order valence-corrected chi connectivity index (χ0v) is 15.3. The number of rotatable bonds is 7. The Labute approximate surface area is 167 Å². The minimum atomic E-state index is -0.449. The van der Waals surface area contributed by atoms with Crippen LogP contribution in [0.25, 0.3) is 6.08 Å². The predicted octanol–water partition coefficient (Wildman–Crippen LogP) is 4.96. The monoisotopic (exact) mass is 384 g/mol. The van der Waals surface area contributed by atoms with Crippen molar-refractivity contribution in [1.82, 2.24) is 0 Å². The van der Waals surface area contributed by atoms with E-state index in [0.717, 1.165) is 5.56 Å². The molecule has 0 atom stereocenters. The number of hydrogen-bond acceptors (Lipinski definition) is 5. The van der Waals surface area contributed by atoms with Crippen LogP contribution in [0.3, 0.4) is 0 Å². The summed E-state index contributed by atoms with van der Waals surface area (Å²) in [5.74, 6) is 0.278. The largest absolute Gasteiger partial charge is 0.489 e. The summed E-state index contributed by atoms with van der Waals surface area (Å²) in [6, 6.07) is 23.7. The molecule has 29 heavy (non-hydrogen) atoms. The third kappa shape index (κ3) is 5.15. The molecule has 6 heteroatoms. The van der Waals surface area contributed by atoms with E-state index in [0.29, 0.717) is 16.9 Å². The van der Waals surface area contributed by atoms with Crippen LogP contribution in [0.2, 0.25) is 0 Å². The van der Waals surface area contributed by atoms with E-state index >= 15 is 0 Å². The number of non-ortho nitro benzene ring substituents is 1. The van der Waals surface area contributed by atoms with E-state index in [1.54, 1.807) is 60.7 Å². The average molecular weight is 384 g/mol. The molecule has 0 radical (unpaired) electrons. The molecule has 0 bridgehead atoms. The number of nitro benzene ring substituents is 1. The quantitative estimate of drug-likeness (QED) is 0.189. The second-order valence-corrected chi connectivity index (χ2v) is 6.15. The SMILES string of the molecule is N#C/C(=C\c1ccc(OCc2ccc([N+](=O)[O-])cc2)cc1)C(=O)c1ccccc1. The van der Waals surface area contributed by atoms with Crippen LogP contribution < -0.4 is 4.74 Å². The van der Waals surface area contributed by atoms with E-state index in [1.807, 2.05) is 12.1 Å². The maximum Gasteiger partial charge on any atom is 0.269 e. The van der Waals surface area contributed by atoms with Gasteiger partial charge in [-0.3, -0.25) is 14.9 Å². The van der Waals surface area contributed by atoms with Gasteiger partial charge in [-0.05, 0) is 41.5 Å². The molecule has 0 heterocycles. The van der Waals surface area contributed by atoms with E-state index in [2.05, 4.69) is 0 Å². The maximum absolute atomic E-state index is 12.4. The standard InChI is InChI=1S/C23H16N2O4/c24-15-20(23(26)19-4-2-1-3-5-19)14-17-8-12-22(13-9-17)29-16-18-6-10-21(11-7-18)25(27)28/h1-14H,16H2/b20-14+. The molecule has 0 aliphatic carbocycles. The van der Waals surface area contributed by atoms with Gasteiger partial charge in [-0.15, -0.1) is 0 Å². The molecule has 0 aliphatic rings. The molecule has 3 aromatic rings. The van der Waals surface area contributed by atoms with Crippen molar-refractivity contribution in [2.24, 2.45) is 0 Å². The van der Waals surface area contributed by atoms with E-state index in [-0.39, 0.29) is 23.7 Å². The number of nitriles is 1. The van der Waals surface area contributed by atoms with Gasteiger partial charge in [0.15, 0.2) is 0 Å². The lowest BCUT2D eigenvalue weighted by atomic mass is 10.0. The molecular weight excluding hydrogens is 368 g/mol. The first kappa shape index (κ1) is 19.5. The molecule has 0 aliphatic heterocycles. The Kier molecular flexibility index (Phi) is 6.13. The Morgan fingerprint density at radius 2 is 1.66 bits per heavy atom. The zero-order chi connectivity index (χ0) is 20.6. The molecule has 3 aromatic carbocycles. The molecular formula is C23H16N2O4. The summed E-state index contributed by atoms with van der Waals surface area (Å²) in [4.78, 5) is 22.6. The van der Waals surface area contributed by atoms with Crippen molar-refractivity contribution in [1.29, 1.82) is 5.26 Å². The Bertz CT molecular complexity index is 1080. The van der Waals surface area contributed by atoms with Crippen LogP contribution in [-0.2, 0) is 6.61 Å². The highest BCUT2D eigenvalue weighted by Crippen LogP contribution is 2.18. The van der Waals surface area contributed by atoms with Gasteiger partial charge in [0.2, 0.25) is 5.78 Å². The van der Waals surface area contributed by atoms with Crippen molar-refractivity contribution in [3.05, 3.63) is 111 Å². The smallest absolute Gasteiger partial charge is 0.269 e. The Balaban J connectivity index is 1.66. The lowest BCUT2D eigenvalue weighted by molar-refractivity contribution is -0.384. The van der Waals surface area contributed by atoms with Crippen LogP contribution in [0, 0.1) is 21.4 Å². The number of carbonyl (C=O) groups excluding carboxylic acids is 1. The Morgan fingerprint density at radius 1 is 1.00 bits per heavy atom. The van der Waals surface area contributed by atoms with Crippen LogP contribution in [-0.4, -0.2) is 10.7 Å². The molecule has 6 nitrogen and oxygen atoms in total. The highest BCUT2D eigenvalue weighted by Gasteiger charge is 2.11. The Morgan fingerprint density at radius 3 is 2.24 bits per heavy atom. The van der Waals surface area contributed by atoms with Crippen LogP contribution in [0.5, 0.6) is 5.75 Å². The second kappa shape index (κ2) is 9.11. The highest BCUT2D eigenvalue weighted by molar-refractivity contribution is 6.14. The number of benzene rings is 3. The summed E-state index contributed by atoms with van der Waals surface area (Å²) in [5.41, 5.74) is 2.05. The topological polar surface area (TPSA) is 93.2 Å². The van der Waals surface area contributed by atoms with Crippen molar-refractivity contribution in [3.8, 4) is 11.8 Å². The van der Waals surface area contributed by atoms with Gasteiger partial charge in [0.1, 0.15) is 24.0 Å². The van der Waals surface area contributed by atoms with Gasteiger partial charge >= 0.3 is 0 Å². The van der Waals surface area contributed by atoms with Crippen LogP contribution in [0.4, 0.5) is 5.69 Å². The minimum absolute atomic E-state index is 0.0308. The predicted molar refractivity (Wildman–Crippen MR) is 108 cm³/mol. The number of carbonyl (C=O) groups is 1. The van der Waals surface area contributed by atoms with E-state index in [4.69, 9.17) is 4.74 Å². The third-order valence-electron chi connectivity index (χ3n) is 4.14. The summed E-state index contributed by atoms with van der Waals surface area (Å²) >= 11 is 0. The summed E-state index contributed by atoms with van der Waals surface area (Å²) < 4.78 is 5.67. The number of ketones is 1. The molecule has 0 fully saturated rings. The number of nitro groups is 1. The fourth-order valence-corrected chi connectivity index (χ4v) is 2.60. The molecule has 0 unspecified atom stereocenters. The number of allylic oxidation sites excluding steroid dienone is 1. The highest BCUT2D eigenvalue weighted by atomic mass is 16.6. The summed E-state index contributed by atoms with van der Waals surface area (Å²) in [6.45, 7) is 0.267. The lowest BCUT2D eigenvalue weighted by Crippen LogP contribution is -2.01. The van der Waals surface area contributed by atoms with Crippen LogP contribution in [0.1, 0.15) is 21.5 Å². The molecule has 3 rings (SSSR count). The fraction of sp³-hybridized carbons (Fsp3) is 0.0435. The first-order valence-corrected chi connectivity index (χ1v) is 8.74. The number of ether oxygens (including phenoxy) is 1. The molecule has 0 saturated heterocycles. The lowest BCUT2D eigenvalue weighted by Gasteiger charge is -2.07. The van der Waals surface area contributed by atoms with Crippen molar-refractivity contribution in [2.75, 3.05) is 0 Å². The van der Waals surface area contributed by atoms with E-state index in [9.17, 15) is 20.2 Å². The van der Waals surface area contributed by atoms with Gasteiger partial charge in [-0.25, -0.2) is 0 Å². The van der Waals surface area contributed by atoms with Gasteiger partial charge in [0, 0.05) is 17.7 Å². The van der Waals surface area contributed by atoms with E-state index < -0.39 is 4.92 Å². The molecule has 0 aromatic heterocycles. The number of hydrogen-bond donors (Lipinski definition) is 0. The van der Waals surface area contributed by atoms with Crippen molar-refractivity contribution >= 4 is 17.5 Å². The van der Waals surface area contributed by atoms with E-state index in [1.165, 1.54) is 18.2 Å². The first-order valence-electron chi connectivity index (χ1n) is 8.74. The summed E-state index contributed by atoms with van der Waals surface area (Å²) in [6.07, 6.45) is 1.54. The van der Waals surface area contributed by atoms with Crippen molar-refractivity contribution in [3.63, 3.8) is 0 Å². The summed E-state index contributed by atoms with van der Waals surface area (Å²) in [5, 5.41) is 20.0. The number of nitrogens with zero attached hydrogens (tertiary/aromatic N) is 2. The molecule has 0 saturated carbocycles. The van der Waals surface area contributed by atoms with Gasteiger partial charge in [-0.2, -0.15) is 5.26 Å². The van der Waals surface area contributed by atoms with Gasteiger partial charge in [0.25, 0.3) is 5.69 Å².